The van der Waals surface area contributed by atoms with Crippen LogP contribution in [0.5, 0.6) is 11.5 Å². The van der Waals surface area contributed by atoms with Gasteiger partial charge in [0, 0.05) is 11.6 Å². The van der Waals surface area contributed by atoms with Crippen LogP contribution >= 0.6 is 0 Å². The molecule has 1 amide bonds. The SMILES string of the molecule is CCOc1ccc(C2/C(=C(/O)c3cccc(OC)c3)C(=O)C(=O)N2C2CCCC2)cc1. The first-order valence-corrected chi connectivity index (χ1v) is 10.7. The number of rotatable bonds is 6. The molecule has 1 aliphatic heterocycles. The molecule has 1 saturated heterocycles. The molecule has 4 rings (SSSR count). The summed E-state index contributed by atoms with van der Waals surface area (Å²) in [5.41, 5.74) is 1.34. The lowest BCUT2D eigenvalue weighted by Gasteiger charge is -2.30. The van der Waals surface area contributed by atoms with Crippen molar-refractivity contribution in [2.24, 2.45) is 0 Å². The lowest BCUT2D eigenvalue weighted by molar-refractivity contribution is -0.141. The average Bonchev–Trinajstić information content (AvgIpc) is 3.41. The van der Waals surface area contributed by atoms with Crippen LogP contribution < -0.4 is 9.47 Å². The van der Waals surface area contributed by atoms with Crippen molar-refractivity contribution in [3.63, 3.8) is 0 Å². The van der Waals surface area contributed by atoms with E-state index < -0.39 is 17.7 Å². The highest BCUT2D eigenvalue weighted by Gasteiger charge is 2.49. The lowest BCUT2D eigenvalue weighted by atomic mass is 9.94. The predicted octanol–water partition coefficient (Wildman–Crippen LogP) is 4.46. The summed E-state index contributed by atoms with van der Waals surface area (Å²) in [4.78, 5) is 27.9. The minimum atomic E-state index is -0.647. The number of carbonyl (C=O) groups is 2. The Labute approximate surface area is 182 Å². The Balaban J connectivity index is 1.84. The Morgan fingerprint density at radius 2 is 1.77 bits per heavy atom. The average molecular weight is 421 g/mol. The largest absolute Gasteiger partial charge is 0.507 e. The van der Waals surface area contributed by atoms with Crippen molar-refractivity contribution in [2.75, 3.05) is 13.7 Å². The fraction of sp³-hybridized carbons (Fsp3) is 0.360. The molecule has 6 heteroatoms. The van der Waals surface area contributed by atoms with Crippen molar-refractivity contribution >= 4 is 17.4 Å². The molecule has 1 aliphatic carbocycles. The van der Waals surface area contributed by atoms with Gasteiger partial charge in [0.25, 0.3) is 11.7 Å². The summed E-state index contributed by atoms with van der Waals surface area (Å²) in [6.45, 7) is 2.47. The van der Waals surface area contributed by atoms with Crippen molar-refractivity contribution in [1.82, 2.24) is 4.90 Å². The fourth-order valence-electron chi connectivity index (χ4n) is 4.58. The Kier molecular flexibility index (Phi) is 5.98. The number of ether oxygens (including phenoxy) is 2. The third-order valence-electron chi connectivity index (χ3n) is 6.05. The van der Waals surface area contributed by atoms with Gasteiger partial charge in [-0.05, 0) is 49.6 Å². The van der Waals surface area contributed by atoms with E-state index in [-0.39, 0.29) is 17.4 Å². The van der Waals surface area contributed by atoms with E-state index in [2.05, 4.69) is 0 Å². The van der Waals surface area contributed by atoms with Crippen LogP contribution in [0.4, 0.5) is 0 Å². The summed E-state index contributed by atoms with van der Waals surface area (Å²) >= 11 is 0. The third kappa shape index (κ3) is 3.90. The predicted molar refractivity (Wildman–Crippen MR) is 117 cm³/mol. The molecule has 6 nitrogen and oxygen atoms in total. The maximum Gasteiger partial charge on any atom is 0.295 e. The smallest absolute Gasteiger partial charge is 0.295 e. The quantitative estimate of drug-likeness (QED) is 0.423. The second kappa shape index (κ2) is 8.84. The molecule has 0 spiro atoms. The number of carbonyl (C=O) groups excluding carboxylic acids is 2. The Hall–Kier alpha value is -3.28. The molecule has 1 heterocycles. The number of amides is 1. The molecule has 2 aromatic carbocycles. The van der Waals surface area contributed by atoms with Gasteiger partial charge in [0.1, 0.15) is 17.3 Å². The monoisotopic (exact) mass is 421 g/mol. The number of benzene rings is 2. The van der Waals surface area contributed by atoms with E-state index in [9.17, 15) is 14.7 Å². The number of aliphatic hydroxyl groups is 1. The summed E-state index contributed by atoms with van der Waals surface area (Å²) in [5.74, 6) is -0.0958. The molecule has 2 fully saturated rings. The van der Waals surface area contributed by atoms with Crippen LogP contribution in [-0.4, -0.2) is 41.5 Å². The number of aliphatic hydroxyl groups excluding tert-OH is 1. The van der Waals surface area contributed by atoms with Gasteiger partial charge in [0.05, 0.1) is 25.3 Å². The molecule has 2 aliphatic rings. The molecule has 162 valence electrons. The fourth-order valence-corrected chi connectivity index (χ4v) is 4.58. The topological polar surface area (TPSA) is 76.1 Å². The van der Waals surface area contributed by atoms with E-state index in [1.54, 1.807) is 29.2 Å². The van der Waals surface area contributed by atoms with Gasteiger partial charge in [0.15, 0.2) is 0 Å². The first-order chi connectivity index (χ1) is 15.0. The van der Waals surface area contributed by atoms with Crippen LogP contribution in [0.2, 0.25) is 0 Å². The molecule has 0 radical (unpaired) electrons. The Morgan fingerprint density at radius 1 is 1.06 bits per heavy atom. The van der Waals surface area contributed by atoms with Crippen LogP contribution in [0.1, 0.15) is 49.8 Å². The number of likely N-dealkylation sites (tertiary alicyclic amines) is 1. The second-order valence-electron chi connectivity index (χ2n) is 7.88. The number of nitrogens with zero attached hydrogens (tertiary/aromatic N) is 1. The molecule has 0 bridgehead atoms. The minimum absolute atomic E-state index is 0.0105. The summed E-state index contributed by atoms with van der Waals surface area (Å²) in [6.07, 6.45) is 3.78. The number of Topliss-reactive ketones (excluding diaryl/α,β-unsaturated/α-hetero) is 1. The molecular formula is C25H27NO5. The summed E-state index contributed by atoms with van der Waals surface area (Å²) in [7, 11) is 1.54. The first kappa shape index (κ1) is 21.0. The van der Waals surface area contributed by atoms with E-state index in [0.717, 1.165) is 37.0 Å². The van der Waals surface area contributed by atoms with Crippen LogP contribution in [0, 0.1) is 0 Å². The van der Waals surface area contributed by atoms with Gasteiger partial charge in [-0.1, -0.05) is 37.1 Å². The summed E-state index contributed by atoms with van der Waals surface area (Å²) in [5, 5.41) is 11.2. The Morgan fingerprint density at radius 3 is 2.42 bits per heavy atom. The maximum absolute atomic E-state index is 13.1. The first-order valence-electron chi connectivity index (χ1n) is 10.7. The number of methoxy groups -OCH3 is 1. The molecule has 1 atom stereocenters. The Bertz CT molecular complexity index is 1000. The number of hydrogen-bond acceptors (Lipinski definition) is 5. The maximum atomic E-state index is 13.1. The van der Waals surface area contributed by atoms with Crippen molar-refractivity contribution < 1.29 is 24.2 Å². The van der Waals surface area contributed by atoms with Gasteiger partial charge < -0.3 is 19.5 Å². The van der Waals surface area contributed by atoms with Crippen LogP contribution in [0.25, 0.3) is 5.76 Å². The zero-order chi connectivity index (χ0) is 22.0. The van der Waals surface area contributed by atoms with E-state index in [4.69, 9.17) is 9.47 Å². The molecule has 2 aromatic rings. The highest BCUT2D eigenvalue weighted by atomic mass is 16.5. The summed E-state index contributed by atoms with van der Waals surface area (Å²) in [6, 6.07) is 13.6. The van der Waals surface area contributed by atoms with Gasteiger partial charge in [-0.2, -0.15) is 0 Å². The van der Waals surface area contributed by atoms with Gasteiger partial charge in [-0.25, -0.2) is 0 Å². The van der Waals surface area contributed by atoms with E-state index in [1.165, 1.54) is 7.11 Å². The van der Waals surface area contributed by atoms with Crippen LogP contribution in [-0.2, 0) is 9.59 Å². The lowest BCUT2D eigenvalue weighted by Crippen LogP contribution is -2.37. The van der Waals surface area contributed by atoms with E-state index >= 15 is 0 Å². The zero-order valence-corrected chi connectivity index (χ0v) is 17.8. The highest BCUT2D eigenvalue weighted by Crippen LogP contribution is 2.43. The zero-order valence-electron chi connectivity index (χ0n) is 17.8. The third-order valence-corrected chi connectivity index (χ3v) is 6.05. The molecule has 0 aromatic heterocycles. The van der Waals surface area contributed by atoms with Crippen LogP contribution in [0.15, 0.2) is 54.1 Å². The minimum Gasteiger partial charge on any atom is -0.507 e. The van der Waals surface area contributed by atoms with Gasteiger partial charge in [0.2, 0.25) is 0 Å². The molecular weight excluding hydrogens is 394 g/mol. The highest BCUT2D eigenvalue weighted by molar-refractivity contribution is 6.46. The van der Waals surface area contributed by atoms with E-state index in [1.807, 2.05) is 31.2 Å². The van der Waals surface area contributed by atoms with Gasteiger partial charge in [-0.3, -0.25) is 9.59 Å². The number of ketones is 1. The molecule has 1 N–H and O–H groups in total. The van der Waals surface area contributed by atoms with Gasteiger partial charge >= 0.3 is 0 Å². The second-order valence-corrected chi connectivity index (χ2v) is 7.88. The molecule has 1 unspecified atom stereocenters. The van der Waals surface area contributed by atoms with Crippen molar-refractivity contribution in [3.8, 4) is 11.5 Å². The van der Waals surface area contributed by atoms with E-state index in [0.29, 0.717) is 17.9 Å². The molecule has 1 saturated carbocycles. The van der Waals surface area contributed by atoms with Crippen LogP contribution in [0.3, 0.4) is 0 Å². The normalized spacial score (nSPS) is 21.0. The van der Waals surface area contributed by atoms with Gasteiger partial charge in [-0.15, -0.1) is 0 Å². The number of hydrogen-bond donors (Lipinski definition) is 1. The van der Waals surface area contributed by atoms with Crippen molar-refractivity contribution in [3.05, 3.63) is 65.2 Å². The van der Waals surface area contributed by atoms with Crippen molar-refractivity contribution in [2.45, 2.75) is 44.7 Å². The standard InChI is InChI=1S/C25H27NO5/c1-3-31-19-13-11-16(12-14-19)22-21(23(27)17-7-6-10-20(15-17)30-2)24(28)25(29)26(22)18-8-4-5-9-18/h6-7,10-15,18,22,27H,3-5,8-9H2,1-2H3/b23-21-. The summed E-state index contributed by atoms with van der Waals surface area (Å²) < 4.78 is 10.8. The van der Waals surface area contributed by atoms with Crippen molar-refractivity contribution in [1.29, 1.82) is 0 Å². The molecule has 31 heavy (non-hydrogen) atoms.